The van der Waals surface area contributed by atoms with Gasteiger partial charge in [-0.2, -0.15) is 0 Å². The van der Waals surface area contributed by atoms with Gasteiger partial charge in [-0.25, -0.2) is 4.79 Å². The number of aryl methyl sites for hydroxylation is 1. The Balaban J connectivity index is 1.20. The molecule has 9 heterocycles. The second kappa shape index (κ2) is 12.1. The van der Waals surface area contributed by atoms with E-state index < -0.39 is 16.4 Å². The number of rotatable bonds is 7. The summed E-state index contributed by atoms with van der Waals surface area (Å²) in [5.41, 5.74) is 11.3. The number of fused-ring (bicyclic) bond motifs is 2. The Bertz CT molecular complexity index is 2010. The van der Waals surface area contributed by atoms with Crippen LogP contribution in [0.3, 0.4) is 0 Å². The number of ether oxygens (including phenoxy) is 2. The summed E-state index contributed by atoms with van der Waals surface area (Å²) in [5, 5.41) is 12.8. The number of hydrogen-bond acceptors (Lipinski definition) is 8. The molecule has 4 fully saturated rings. The van der Waals surface area contributed by atoms with Crippen LogP contribution in [-0.2, 0) is 26.3 Å². The van der Waals surface area contributed by atoms with Crippen LogP contribution in [0.15, 0.2) is 64.3 Å². The Morgan fingerprint density at radius 2 is 1.91 bits per heavy atom. The summed E-state index contributed by atoms with van der Waals surface area (Å²) in [6, 6.07) is 6.73. The zero-order chi connectivity index (χ0) is 37.6. The maximum absolute atomic E-state index is 15.5. The molecule has 3 saturated heterocycles. The van der Waals surface area contributed by atoms with E-state index in [1.165, 1.54) is 23.1 Å². The largest absolute Gasteiger partial charge is 0.509 e. The summed E-state index contributed by atoms with van der Waals surface area (Å²) in [4.78, 5) is 35.5. The molecule has 0 amide bonds. The van der Waals surface area contributed by atoms with Gasteiger partial charge in [-0.1, -0.05) is 75.1 Å². The lowest BCUT2D eigenvalue weighted by Gasteiger charge is -2.71. The van der Waals surface area contributed by atoms with E-state index in [-0.39, 0.29) is 35.6 Å². The van der Waals surface area contributed by atoms with Crippen molar-refractivity contribution >= 4 is 11.9 Å². The van der Waals surface area contributed by atoms with Crippen LogP contribution in [0.25, 0.3) is 0 Å². The van der Waals surface area contributed by atoms with Gasteiger partial charge < -0.3 is 25.2 Å². The molecule has 8 nitrogen and oxygen atoms in total. The lowest BCUT2D eigenvalue weighted by atomic mass is 9.28. The highest BCUT2D eigenvalue weighted by atomic mass is 16.6. The third-order valence-corrected chi connectivity index (χ3v) is 17.1. The van der Waals surface area contributed by atoms with Crippen LogP contribution < -0.4 is 5.73 Å². The lowest BCUT2D eigenvalue weighted by Crippen LogP contribution is -2.77. The molecule has 8 heteroatoms. The van der Waals surface area contributed by atoms with Gasteiger partial charge in [-0.15, -0.1) is 0 Å². The molecule has 12 bridgehead atoms. The van der Waals surface area contributed by atoms with Gasteiger partial charge in [-0.05, 0) is 106 Å². The van der Waals surface area contributed by atoms with Crippen LogP contribution in [0.1, 0.15) is 119 Å². The first-order valence-electron chi connectivity index (χ1n) is 22.1. The van der Waals surface area contributed by atoms with E-state index in [0.29, 0.717) is 66.8 Å². The molecule has 9 aliphatic heterocycles. The SMILES string of the molecule is CCCC1CC(O)=C2OC(=O)C34C5=C(CCC23C2(OC(=O)c3c(CCCN)cccc32)C4CCC)C2C3=C(C=CC4C6CC(CN1C6)CN34)CC(C)C2CC5. The van der Waals surface area contributed by atoms with Gasteiger partial charge in [0.05, 0.1) is 17.0 Å². The number of carbonyl (C=O) groups is 2. The summed E-state index contributed by atoms with van der Waals surface area (Å²) >= 11 is 0. The predicted molar refractivity (Wildman–Crippen MR) is 209 cm³/mol. The Hall–Kier alpha value is -3.36. The van der Waals surface area contributed by atoms with Crippen LogP contribution in [-0.4, -0.2) is 65.1 Å². The smallest absolute Gasteiger partial charge is 0.339 e. The minimum absolute atomic E-state index is 0.133. The van der Waals surface area contributed by atoms with Crippen molar-refractivity contribution in [1.82, 2.24) is 9.80 Å². The number of esters is 2. The molecule has 12 unspecified atom stereocenters. The number of piperidine rings is 2. The van der Waals surface area contributed by atoms with E-state index in [0.717, 1.165) is 88.5 Å². The average molecular weight is 746 g/mol. The first kappa shape index (κ1) is 34.9. The van der Waals surface area contributed by atoms with Crippen LogP contribution in [0.2, 0.25) is 0 Å². The highest BCUT2D eigenvalue weighted by Crippen LogP contribution is 2.87. The molecule has 12 atom stereocenters. The summed E-state index contributed by atoms with van der Waals surface area (Å²) in [6.45, 7) is 10.6. The predicted octanol–water partition coefficient (Wildman–Crippen LogP) is 7.85. The van der Waals surface area contributed by atoms with Gasteiger partial charge in [0, 0.05) is 55.2 Å². The number of nitrogens with two attached hydrogens (primary N) is 1. The van der Waals surface area contributed by atoms with Crippen molar-refractivity contribution in [2.24, 2.45) is 52.1 Å². The first-order chi connectivity index (χ1) is 26.7. The molecule has 0 aromatic heterocycles. The average Bonchev–Trinajstić information content (AvgIpc) is 3.64. The molecular weight excluding hydrogens is 687 g/mol. The first-order valence-corrected chi connectivity index (χ1v) is 22.1. The molecular formula is C47H59N3O5. The van der Waals surface area contributed by atoms with E-state index in [1.54, 1.807) is 5.70 Å². The fourth-order valence-corrected chi connectivity index (χ4v) is 15.5. The molecule has 3 N–H and O–H groups in total. The molecule has 0 radical (unpaired) electrons. The molecule has 13 aliphatic rings. The second-order valence-corrected chi connectivity index (χ2v) is 19.3. The zero-order valence-corrected chi connectivity index (χ0v) is 33.1. The topological polar surface area (TPSA) is 105 Å². The highest BCUT2D eigenvalue weighted by molar-refractivity contribution is 6.00. The van der Waals surface area contributed by atoms with Gasteiger partial charge in [0.1, 0.15) is 11.2 Å². The third kappa shape index (κ3) is 4.07. The van der Waals surface area contributed by atoms with Crippen molar-refractivity contribution < 1.29 is 24.2 Å². The number of nitrogens with zero attached hydrogens (tertiary/aromatic N) is 2. The number of aliphatic hydroxyl groups is 1. The van der Waals surface area contributed by atoms with Crippen molar-refractivity contribution in [3.63, 3.8) is 0 Å². The molecule has 1 saturated carbocycles. The van der Waals surface area contributed by atoms with E-state index in [4.69, 9.17) is 15.2 Å². The molecule has 2 spiro atoms. The Morgan fingerprint density at radius 1 is 1.05 bits per heavy atom. The van der Waals surface area contributed by atoms with Crippen LogP contribution in [0.5, 0.6) is 0 Å². The Kier molecular flexibility index (Phi) is 7.65. The van der Waals surface area contributed by atoms with E-state index >= 15 is 4.79 Å². The van der Waals surface area contributed by atoms with Crippen molar-refractivity contribution in [3.05, 3.63) is 81.0 Å². The van der Waals surface area contributed by atoms with Crippen molar-refractivity contribution in [1.29, 1.82) is 0 Å². The standard InChI is InChI=1S/C47H59N3O5/c1-4-8-31-22-37(51)42-45-18-17-33-34(15-14-32-26(3)20-29-13-16-36-30-21-27(23-49(31)25-30)24-50(36)41(29)40(32)33)46(45,44(53)54-42)38(9-5-2)47(45)35-12-6-10-28(11-7-19-48)39(35)43(52)55-47/h6,10,12-13,16,26-27,30-32,36,38,40,51H,4-5,7-9,11,14-15,17-25,48H2,1-3H3. The van der Waals surface area contributed by atoms with Crippen molar-refractivity contribution in [3.8, 4) is 0 Å². The van der Waals surface area contributed by atoms with Gasteiger partial charge >= 0.3 is 11.9 Å². The molecule has 14 rings (SSSR count). The minimum Gasteiger partial charge on any atom is -0.509 e. The molecule has 55 heavy (non-hydrogen) atoms. The summed E-state index contributed by atoms with van der Waals surface area (Å²) < 4.78 is 13.8. The molecule has 1 aromatic carbocycles. The van der Waals surface area contributed by atoms with Crippen LogP contribution in [0, 0.1) is 46.3 Å². The Morgan fingerprint density at radius 3 is 2.73 bits per heavy atom. The minimum atomic E-state index is -1.10. The fraction of sp³-hybridized carbons (Fsp3) is 0.660. The molecule has 1 aromatic rings. The summed E-state index contributed by atoms with van der Waals surface area (Å²) in [5.74, 6) is 2.33. The summed E-state index contributed by atoms with van der Waals surface area (Å²) in [7, 11) is 0. The van der Waals surface area contributed by atoms with Gasteiger partial charge in [0.2, 0.25) is 0 Å². The number of aliphatic hydroxyl groups excluding tert-OH is 1. The zero-order valence-electron chi connectivity index (χ0n) is 33.1. The number of allylic oxidation sites excluding steroid dienone is 3. The number of hydrogen-bond donors (Lipinski definition) is 2. The molecule has 4 aliphatic carbocycles. The normalized spacial score (nSPS) is 42.8. The Labute approximate surface area is 326 Å². The maximum atomic E-state index is 15.5. The number of carbonyl (C=O) groups excluding carboxylic acids is 2. The second-order valence-electron chi connectivity index (χ2n) is 19.3. The van der Waals surface area contributed by atoms with Crippen molar-refractivity contribution in [2.75, 3.05) is 26.2 Å². The van der Waals surface area contributed by atoms with E-state index in [2.05, 4.69) is 54.9 Å². The third-order valence-electron chi connectivity index (χ3n) is 17.1. The van der Waals surface area contributed by atoms with Crippen LogP contribution >= 0.6 is 0 Å². The van der Waals surface area contributed by atoms with Gasteiger partial charge in [-0.3, -0.25) is 9.69 Å². The lowest BCUT2D eigenvalue weighted by molar-refractivity contribution is -0.278. The number of benzene rings is 1. The van der Waals surface area contributed by atoms with E-state index in [1.807, 2.05) is 6.07 Å². The van der Waals surface area contributed by atoms with Crippen LogP contribution in [0.4, 0.5) is 0 Å². The monoisotopic (exact) mass is 745 g/mol. The van der Waals surface area contributed by atoms with Crippen molar-refractivity contribution in [2.45, 2.75) is 122 Å². The van der Waals surface area contributed by atoms with Gasteiger partial charge in [0.25, 0.3) is 0 Å². The van der Waals surface area contributed by atoms with E-state index in [9.17, 15) is 9.90 Å². The summed E-state index contributed by atoms with van der Waals surface area (Å²) in [6.07, 6.45) is 16.2. The highest BCUT2D eigenvalue weighted by Gasteiger charge is 2.93. The fourth-order valence-electron chi connectivity index (χ4n) is 15.5. The molecule has 292 valence electrons. The quantitative estimate of drug-likeness (QED) is 0.215. The van der Waals surface area contributed by atoms with Gasteiger partial charge in [0.15, 0.2) is 11.4 Å². The maximum Gasteiger partial charge on any atom is 0.339 e.